The lowest BCUT2D eigenvalue weighted by Crippen LogP contribution is -2.30. The molecule has 0 spiro atoms. The van der Waals surface area contributed by atoms with Gasteiger partial charge in [0.05, 0.1) is 6.04 Å². The van der Waals surface area contributed by atoms with Gasteiger partial charge in [-0.1, -0.05) is 19.3 Å². The second-order valence-electron chi connectivity index (χ2n) is 7.10. The van der Waals surface area contributed by atoms with Crippen LogP contribution in [-0.2, 0) is 0 Å². The second-order valence-corrected chi connectivity index (χ2v) is 7.10. The molecule has 2 N–H and O–H groups in total. The minimum atomic E-state index is -0.200. The van der Waals surface area contributed by atoms with Gasteiger partial charge >= 0.3 is 0 Å². The van der Waals surface area contributed by atoms with E-state index in [2.05, 4.69) is 25.4 Å². The summed E-state index contributed by atoms with van der Waals surface area (Å²) >= 11 is 0. The molecule has 1 atom stereocenters. The molecule has 0 saturated carbocycles. The number of carbonyl (C=O) groups is 1. The SMILES string of the molecule is Cc1cc(C(=O)NC(C)c2cnc(N3CCCCCCC3)nc2C)n[nH]1. The molecule has 3 heterocycles. The molecule has 0 radical (unpaired) electrons. The minimum Gasteiger partial charge on any atom is -0.344 e. The number of nitrogens with one attached hydrogen (secondary N) is 2. The average Bonchev–Trinajstić information content (AvgIpc) is 3.01. The largest absolute Gasteiger partial charge is 0.344 e. The van der Waals surface area contributed by atoms with Gasteiger partial charge in [0.1, 0.15) is 5.69 Å². The zero-order valence-electron chi connectivity index (χ0n) is 15.9. The highest BCUT2D eigenvalue weighted by atomic mass is 16.2. The first-order valence-electron chi connectivity index (χ1n) is 9.46. The van der Waals surface area contributed by atoms with E-state index in [1.54, 1.807) is 6.07 Å². The van der Waals surface area contributed by atoms with Crippen LogP contribution in [0.1, 0.15) is 72.5 Å². The number of amides is 1. The first-order chi connectivity index (χ1) is 12.5. The van der Waals surface area contributed by atoms with Crippen molar-refractivity contribution in [3.05, 3.63) is 34.9 Å². The Bertz CT molecular complexity index is 748. The maximum absolute atomic E-state index is 12.3. The molecular formula is C19H28N6O. The Kier molecular flexibility index (Phi) is 5.85. The number of rotatable bonds is 4. The summed E-state index contributed by atoms with van der Waals surface area (Å²) in [7, 11) is 0. The van der Waals surface area contributed by atoms with E-state index in [1.165, 1.54) is 32.1 Å². The van der Waals surface area contributed by atoms with Crippen LogP contribution in [0.3, 0.4) is 0 Å². The van der Waals surface area contributed by atoms with Crippen molar-refractivity contribution < 1.29 is 4.79 Å². The monoisotopic (exact) mass is 356 g/mol. The Labute approximate surface area is 154 Å². The number of aromatic nitrogens is 4. The smallest absolute Gasteiger partial charge is 0.272 e. The van der Waals surface area contributed by atoms with Crippen molar-refractivity contribution in [2.45, 2.75) is 58.9 Å². The number of nitrogens with zero attached hydrogens (tertiary/aromatic N) is 4. The molecule has 7 nitrogen and oxygen atoms in total. The van der Waals surface area contributed by atoms with E-state index in [1.807, 2.05) is 27.0 Å². The predicted molar refractivity (Wildman–Crippen MR) is 101 cm³/mol. The van der Waals surface area contributed by atoms with E-state index in [0.29, 0.717) is 5.69 Å². The van der Waals surface area contributed by atoms with Gasteiger partial charge in [-0.25, -0.2) is 9.97 Å². The molecule has 0 aromatic carbocycles. The Morgan fingerprint density at radius 3 is 2.50 bits per heavy atom. The minimum absolute atomic E-state index is 0.180. The molecule has 3 rings (SSSR count). The van der Waals surface area contributed by atoms with Crippen molar-refractivity contribution in [2.24, 2.45) is 0 Å². The van der Waals surface area contributed by atoms with E-state index in [4.69, 9.17) is 4.98 Å². The Balaban J connectivity index is 1.69. The van der Waals surface area contributed by atoms with Gasteiger partial charge < -0.3 is 10.2 Å². The Morgan fingerprint density at radius 2 is 1.88 bits per heavy atom. The van der Waals surface area contributed by atoms with Crippen molar-refractivity contribution in [1.29, 1.82) is 0 Å². The lowest BCUT2D eigenvalue weighted by Gasteiger charge is -2.25. The van der Waals surface area contributed by atoms with Crippen molar-refractivity contribution in [2.75, 3.05) is 18.0 Å². The highest BCUT2D eigenvalue weighted by molar-refractivity contribution is 5.92. The molecule has 2 aromatic rings. The van der Waals surface area contributed by atoms with E-state index in [-0.39, 0.29) is 11.9 Å². The van der Waals surface area contributed by atoms with Gasteiger partial charge in [-0.05, 0) is 39.7 Å². The first kappa shape index (κ1) is 18.4. The fraction of sp³-hybridized carbons (Fsp3) is 0.579. The summed E-state index contributed by atoms with van der Waals surface area (Å²) in [6.07, 6.45) is 8.13. The van der Waals surface area contributed by atoms with Crippen LogP contribution in [0.15, 0.2) is 12.3 Å². The highest BCUT2D eigenvalue weighted by Crippen LogP contribution is 2.20. The Hall–Kier alpha value is -2.44. The number of anilines is 1. The number of hydrogen-bond acceptors (Lipinski definition) is 5. The topological polar surface area (TPSA) is 86.8 Å². The summed E-state index contributed by atoms with van der Waals surface area (Å²) in [6.45, 7) is 7.83. The maximum atomic E-state index is 12.3. The van der Waals surface area contributed by atoms with Crippen LogP contribution in [0.4, 0.5) is 5.95 Å². The van der Waals surface area contributed by atoms with Gasteiger partial charge in [0.15, 0.2) is 0 Å². The summed E-state index contributed by atoms with van der Waals surface area (Å²) < 4.78 is 0. The number of aryl methyl sites for hydroxylation is 2. The van der Waals surface area contributed by atoms with Crippen molar-refractivity contribution in [3.63, 3.8) is 0 Å². The van der Waals surface area contributed by atoms with E-state index >= 15 is 0 Å². The van der Waals surface area contributed by atoms with E-state index in [0.717, 1.165) is 36.0 Å². The van der Waals surface area contributed by atoms with Crippen molar-refractivity contribution in [1.82, 2.24) is 25.5 Å². The van der Waals surface area contributed by atoms with Gasteiger partial charge in [-0.15, -0.1) is 0 Å². The molecule has 2 aromatic heterocycles. The fourth-order valence-corrected chi connectivity index (χ4v) is 3.37. The van der Waals surface area contributed by atoms with Crippen LogP contribution in [0.2, 0.25) is 0 Å². The first-order valence-corrected chi connectivity index (χ1v) is 9.46. The molecule has 1 aliphatic rings. The van der Waals surface area contributed by atoms with Gasteiger partial charge in [0.2, 0.25) is 5.95 Å². The maximum Gasteiger partial charge on any atom is 0.272 e. The van der Waals surface area contributed by atoms with Crippen LogP contribution in [0.25, 0.3) is 0 Å². The highest BCUT2D eigenvalue weighted by Gasteiger charge is 2.18. The van der Waals surface area contributed by atoms with Gasteiger partial charge in [0.25, 0.3) is 5.91 Å². The summed E-state index contributed by atoms with van der Waals surface area (Å²) in [5.41, 5.74) is 3.09. The molecular weight excluding hydrogens is 328 g/mol. The van der Waals surface area contributed by atoms with Crippen LogP contribution in [0, 0.1) is 13.8 Å². The van der Waals surface area contributed by atoms with Gasteiger partial charge in [-0.3, -0.25) is 9.89 Å². The second kappa shape index (κ2) is 8.29. The third kappa shape index (κ3) is 4.39. The molecule has 26 heavy (non-hydrogen) atoms. The number of aromatic amines is 1. The van der Waals surface area contributed by atoms with Crippen LogP contribution in [-0.4, -0.2) is 39.2 Å². The third-order valence-electron chi connectivity index (χ3n) is 4.90. The zero-order valence-corrected chi connectivity index (χ0v) is 15.9. The quantitative estimate of drug-likeness (QED) is 0.879. The van der Waals surface area contributed by atoms with Gasteiger partial charge in [0, 0.05) is 36.2 Å². The molecule has 1 fully saturated rings. The molecule has 1 amide bonds. The predicted octanol–water partition coefficient (Wildman–Crippen LogP) is 3.08. The molecule has 0 bridgehead atoms. The molecule has 1 saturated heterocycles. The normalized spacial score (nSPS) is 16.7. The lowest BCUT2D eigenvalue weighted by atomic mass is 10.1. The summed E-state index contributed by atoms with van der Waals surface area (Å²) in [6, 6.07) is 1.55. The summed E-state index contributed by atoms with van der Waals surface area (Å²) in [5, 5.41) is 9.76. The number of carbonyl (C=O) groups excluding carboxylic acids is 1. The third-order valence-corrected chi connectivity index (χ3v) is 4.90. The van der Waals surface area contributed by atoms with E-state index < -0.39 is 0 Å². The summed E-state index contributed by atoms with van der Waals surface area (Å²) in [4.78, 5) is 23.9. The van der Waals surface area contributed by atoms with E-state index in [9.17, 15) is 4.79 Å². The molecule has 7 heteroatoms. The van der Waals surface area contributed by atoms with Crippen LogP contribution < -0.4 is 10.2 Å². The molecule has 1 unspecified atom stereocenters. The lowest BCUT2D eigenvalue weighted by molar-refractivity contribution is 0.0934. The Morgan fingerprint density at radius 1 is 1.19 bits per heavy atom. The average molecular weight is 356 g/mol. The number of hydrogen-bond donors (Lipinski definition) is 2. The van der Waals surface area contributed by atoms with Gasteiger partial charge in [-0.2, -0.15) is 5.10 Å². The van der Waals surface area contributed by atoms with Crippen molar-refractivity contribution in [3.8, 4) is 0 Å². The molecule has 1 aliphatic heterocycles. The molecule has 140 valence electrons. The summed E-state index contributed by atoms with van der Waals surface area (Å²) in [5.74, 6) is 0.601. The van der Waals surface area contributed by atoms with Crippen LogP contribution >= 0.6 is 0 Å². The molecule has 0 aliphatic carbocycles. The standard InChI is InChI=1S/C19H28N6O/c1-13-11-17(24-23-13)18(26)21-14(2)16-12-20-19(22-15(16)3)25-9-7-5-4-6-8-10-25/h11-12,14H,4-10H2,1-3H3,(H,21,26)(H,23,24). The van der Waals surface area contributed by atoms with Crippen LogP contribution in [0.5, 0.6) is 0 Å². The zero-order chi connectivity index (χ0) is 18.5. The number of H-pyrrole nitrogens is 1. The fourth-order valence-electron chi connectivity index (χ4n) is 3.37. The van der Waals surface area contributed by atoms with Crippen molar-refractivity contribution >= 4 is 11.9 Å².